The summed E-state index contributed by atoms with van der Waals surface area (Å²) in [5.41, 5.74) is 6.05. The van der Waals surface area contributed by atoms with Crippen LogP contribution in [0.3, 0.4) is 0 Å². The van der Waals surface area contributed by atoms with Crippen LogP contribution in [-0.2, 0) is 22.6 Å². The summed E-state index contributed by atoms with van der Waals surface area (Å²) in [7, 11) is 3.26. The van der Waals surface area contributed by atoms with Crippen LogP contribution < -0.4 is 20.3 Å². The first kappa shape index (κ1) is 33.4. The van der Waals surface area contributed by atoms with E-state index in [2.05, 4.69) is 20.9 Å². The van der Waals surface area contributed by atoms with Gasteiger partial charge in [0.2, 0.25) is 11.8 Å². The van der Waals surface area contributed by atoms with Crippen LogP contribution in [0.25, 0.3) is 22.4 Å². The van der Waals surface area contributed by atoms with Crippen molar-refractivity contribution in [2.45, 2.75) is 19.0 Å². The molecule has 50 heavy (non-hydrogen) atoms. The van der Waals surface area contributed by atoms with E-state index in [1.807, 2.05) is 84.9 Å². The Morgan fingerprint density at radius 1 is 0.780 bits per heavy atom. The van der Waals surface area contributed by atoms with Gasteiger partial charge in [-0.3, -0.25) is 14.4 Å². The Labute approximate surface area is 290 Å². The lowest BCUT2D eigenvalue weighted by Crippen LogP contribution is -2.49. The van der Waals surface area contributed by atoms with Crippen LogP contribution in [-0.4, -0.2) is 52.9 Å². The number of anilines is 2. The van der Waals surface area contributed by atoms with Gasteiger partial charge in [0.15, 0.2) is 0 Å². The van der Waals surface area contributed by atoms with Crippen molar-refractivity contribution in [2.24, 2.45) is 0 Å². The zero-order valence-corrected chi connectivity index (χ0v) is 27.7. The lowest BCUT2D eigenvalue weighted by atomic mass is 10.0. The minimum absolute atomic E-state index is 0.146. The third-order valence-electron chi connectivity index (χ3n) is 8.22. The fourth-order valence-electron chi connectivity index (χ4n) is 5.52. The normalized spacial score (nSPS) is 11.3. The molecule has 1 heterocycles. The van der Waals surface area contributed by atoms with Gasteiger partial charge in [-0.15, -0.1) is 5.10 Å². The third-order valence-corrected chi connectivity index (χ3v) is 8.22. The molecule has 0 unspecified atom stereocenters. The van der Waals surface area contributed by atoms with Gasteiger partial charge in [-0.25, -0.2) is 4.68 Å². The first-order valence-corrected chi connectivity index (χ1v) is 16.1. The summed E-state index contributed by atoms with van der Waals surface area (Å²) in [5, 5.41) is 14.3. The van der Waals surface area contributed by atoms with Crippen molar-refractivity contribution in [3.8, 4) is 28.1 Å². The number of ether oxygens (including phenoxy) is 1. The molecule has 10 heteroatoms. The van der Waals surface area contributed by atoms with Crippen LogP contribution in [0, 0.1) is 0 Å². The fourth-order valence-corrected chi connectivity index (χ4v) is 5.52. The molecule has 0 aliphatic heterocycles. The van der Waals surface area contributed by atoms with Crippen molar-refractivity contribution >= 4 is 29.1 Å². The fraction of sp³-hybridized carbons (Fsp3) is 0.125. The number of nitrogens with zero attached hydrogens (tertiary/aromatic N) is 4. The Morgan fingerprint density at radius 3 is 2.14 bits per heavy atom. The second-order valence-corrected chi connectivity index (χ2v) is 11.7. The molecule has 0 saturated heterocycles. The molecule has 5 aromatic carbocycles. The van der Waals surface area contributed by atoms with Crippen molar-refractivity contribution in [1.29, 1.82) is 0 Å². The van der Waals surface area contributed by atoms with E-state index in [0.717, 1.165) is 16.7 Å². The minimum Gasteiger partial charge on any atom is -0.497 e. The molecule has 0 aliphatic carbocycles. The van der Waals surface area contributed by atoms with Gasteiger partial charge in [0.25, 0.3) is 5.91 Å². The highest BCUT2D eigenvalue weighted by molar-refractivity contribution is 6.04. The van der Waals surface area contributed by atoms with E-state index in [-0.39, 0.29) is 18.4 Å². The van der Waals surface area contributed by atoms with Crippen LogP contribution in [0.2, 0.25) is 0 Å². The molecule has 2 N–H and O–H groups in total. The van der Waals surface area contributed by atoms with E-state index >= 15 is 0 Å². The maximum Gasteiger partial charge on any atom is 0.255 e. The molecule has 0 saturated carbocycles. The summed E-state index contributed by atoms with van der Waals surface area (Å²) in [6.07, 6.45) is 1.96. The van der Waals surface area contributed by atoms with Crippen LogP contribution in [0.4, 0.5) is 11.4 Å². The zero-order valence-electron chi connectivity index (χ0n) is 27.7. The van der Waals surface area contributed by atoms with E-state index in [9.17, 15) is 14.4 Å². The van der Waals surface area contributed by atoms with Gasteiger partial charge in [0.1, 0.15) is 24.0 Å². The summed E-state index contributed by atoms with van der Waals surface area (Å²) >= 11 is 0. The Morgan fingerprint density at radius 2 is 1.44 bits per heavy atom. The first-order valence-electron chi connectivity index (χ1n) is 16.1. The highest BCUT2D eigenvalue weighted by Crippen LogP contribution is 2.23. The molecule has 1 aromatic heterocycles. The van der Waals surface area contributed by atoms with E-state index in [1.54, 1.807) is 68.9 Å². The lowest BCUT2D eigenvalue weighted by Gasteiger charge is -2.25. The predicted molar refractivity (Wildman–Crippen MR) is 194 cm³/mol. The van der Waals surface area contributed by atoms with E-state index < -0.39 is 11.9 Å². The number of hydrogen-bond acceptors (Lipinski definition) is 6. The second-order valence-electron chi connectivity index (χ2n) is 11.7. The number of benzene rings is 5. The highest BCUT2D eigenvalue weighted by Gasteiger charge is 2.26. The number of amides is 3. The van der Waals surface area contributed by atoms with Crippen molar-refractivity contribution in [2.75, 3.05) is 24.4 Å². The minimum atomic E-state index is -0.824. The summed E-state index contributed by atoms with van der Waals surface area (Å²) in [6, 6.07) is 40.5. The van der Waals surface area contributed by atoms with Gasteiger partial charge >= 0.3 is 0 Å². The van der Waals surface area contributed by atoms with Crippen molar-refractivity contribution < 1.29 is 19.1 Å². The SMILES string of the molecule is COc1ccc(N(C)C(=O)[C@H](Cc2ccccc2)NC(=O)Cn2cc(-c3cccc(NC(=O)c4ccc(-c5ccccc5)cc4)c3)nn2)cc1. The summed E-state index contributed by atoms with van der Waals surface area (Å²) in [5.74, 6) is -0.215. The molecule has 6 aromatic rings. The van der Waals surface area contributed by atoms with Crippen LogP contribution in [0.15, 0.2) is 140 Å². The van der Waals surface area contributed by atoms with Crippen LogP contribution in [0.5, 0.6) is 5.75 Å². The average Bonchev–Trinajstić information content (AvgIpc) is 3.63. The molecule has 6 rings (SSSR count). The molecule has 0 aliphatic rings. The molecule has 3 amide bonds. The predicted octanol–water partition coefficient (Wildman–Crippen LogP) is 6.26. The van der Waals surface area contributed by atoms with Gasteiger partial charge in [0.05, 0.1) is 13.3 Å². The Bertz CT molecular complexity index is 2060. The number of methoxy groups -OCH3 is 1. The highest BCUT2D eigenvalue weighted by atomic mass is 16.5. The smallest absolute Gasteiger partial charge is 0.255 e. The van der Waals surface area contributed by atoms with Crippen molar-refractivity contribution in [3.05, 3.63) is 151 Å². The quantitative estimate of drug-likeness (QED) is 0.159. The topological polar surface area (TPSA) is 118 Å². The molecule has 1 atom stereocenters. The van der Waals surface area contributed by atoms with Gasteiger partial charge < -0.3 is 20.3 Å². The van der Waals surface area contributed by atoms with Crippen molar-refractivity contribution in [3.63, 3.8) is 0 Å². The van der Waals surface area contributed by atoms with Gasteiger partial charge in [0, 0.05) is 36.0 Å². The summed E-state index contributed by atoms with van der Waals surface area (Å²) in [4.78, 5) is 41.5. The number of aromatic nitrogens is 3. The Balaban J connectivity index is 1.10. The van der Waals surface area contributed by atoms with Gasteiger partial charge in [-0.05, 0) is 65.2 Å². The van der Waals surface area contributed by atoms with E-state index in [1.165, 1.54) is 9.58 Å². The second kappa shape index (κ2) is 15.6. The maximum absolute atomic E-state index is 13.7. The van der Waals surface area contributed by atoms with Gasteiger partial charge in [-0.2, -0.15) is 0 Å². The van der Waals surface area contributed by atoms with Crippen molar-refractivity contribution in [1.82, 2.24) is 20.3 Å². The molecule has 0 spiro atoms. The third kappa shape index (κ3) is 8.29. The van der Waals surface area contributed by atoms with Crippen LogP contribution in [0.1, 0.15) is 15.9 Å². The monoisotopic (exact) mass is 664 g/mol. The molecule has 0 fully saturated rings. The number of likely N-dealkylation sites (N-methyl/N-ethyl adjacent to an activating group) is 1. The largest absolute Gasteiger partial charge is 0.497 e. The first-order chi connectivity index (χ1) is 24.4. The molecule has 250 valence electrons. The summed E-state index contributed by atoms with van der Waals surface area (Å²) < 4.78 is 6.66. The molecule has 0 radical (unpaired) electrons. The Hall–Kier alpha value is -6.55. The maximum atomic E-state index is 13.7. The number of hydrogen-bond donors (Lipinski definition) is 2. The summed E-state index contributed by atoms with van der Waals surface area (Å²) in [6.45, 7) is -0.146. The Kier molecular flexibility index (Phi) is 10.4. The molecule has 0 bridgehead atoms. The standard InChI is InChI=1S/C40H36N6O4/c1-45(34-20-22-35(50-2)23-21-34)40(49)36(24-28-10-5-3-6-11-28)42-38(47)27-46-26-37(43-44-46)32-14-9-15-33(25-32)41-39(48)31-18-16-30(17-19-31)29-12-7-4-8-13-29/h3-23,25-26,36H,24,27H2,1-2H3,(H,41,48)(H,42,47)/t36-/m0/s1. The molecular weight excluding hydrogens is 628 g/mol. The number of carbonyl (C=O) groups is 3. The average molecular weight is 665 g/mol. The number of rotatable bonds is 12. The zero-order chi connectivity index (χ0) is 34.9. The van der Waals surface area contributed by atoms with E-state index in [4.69, 9.17) is 4.74 Å². The number of nitrogens with one attached hydrogen (secondary N) is 2. The van der Waals surface area contributed by atoms with E-state index in [0.29, 0.717) is 40.4 Å². The number of carbonyl (C=O) groups excluding carboxylic acids is 3. The van der Waals surface area contributed by atoms with Gasteiger partial charge in [-0.1, -0.05) is 90.1 Å². The lowest BCUT2D eigenvalue weighted by molar-refractivity contribution is -0.127. The molecule has 10 nitrogen and oxygen atoms in total. The van der Waals surface area contributed by atoms with Crippen LogP contribution >= 0.6 is 0 Å². The molecular formula is C40H36N6O4.